The second-order valence-electron chi connectivity index (χ2n) is 8.40. The third kappa shape index (κ3) is 3.49. The van der Waals surface area contributed by atoms with Crippen LogP contribution < -0.4 is 4.90 Å². The Balaban J connectivity index is 1.78. The van der Waals surface area contributed by atoms with Crippen LogP contribution in [0.15, 0.2) is 18.2 Å². The fourth-order valence-corrected chi connectivity index (χ4v) is 3.45. The Hall–Kier alpha value is -2.28. The summed E-state index contributed by atoms with van der Waals surface area (Å²) in [7, 11) is 0. The van der Waals surface area contributed by atoms with E-state index in [1.165, 1.54) is 0 Å². The maximum atomic E-state index is 12.4. The highest BCUT2D eigenvalue weighted by atomic mass is 16.6. The number of aliphatic hydroxyl groups excluding tert-OH is 1. The third-order valence-electron chi connectivity index (χ3n) is 4.61. The number of piperazine rings is 1. The first-order valence-corrected chi connectivity index (χ1v) is 8.76. The number of hydrogen-bond donors (Lipinski definition) is 1. The van der Waals surface area contributed by atoms with Crippen molar-refractivity contribution in [3.8, 4) is 0 Å². The second kappa shape index (κ2) is 6.16. The predicted molar refractivity (Wildman–Crippen MR) is 96.0 cm³/mol. The van der Waals surface area contributed by atoms with Crippen LogP contribution in [0.3, 0.4) is 0 Å². The van der Waals surface area contributed by atoms with Crippen LogP contribution in [0.5, 0.6) is 0 Å². The van der Waals surface area contributed by atoms with Crippen molar-refractivity contribution >= 4 is 17.7 Å². The number of amides is 1. The summed E-state index contributed by atoms with van der Waals surface area (Å²) in [5.74, 6) is -0.506. The number of cyclic esters (lactones) is 1. The summed E-state index contributed by atoms with van der Waals surface area (Å²) in [5.41, 5.74) is 0.901. The van der Waals surface area contributed by atoms with Gasteiger partial charge in [-0.1, -0.05) is 0 Å². The van der Waals surface area contributed by atoms with E-state index in [2.05, 4.69) is 18.7 Å². The topological polar surface area (TPSA) is 79.3 Å². The number of ether oxygens (including phenoxy) is 2. The molecule has 0 aromatic heterocycles. The second-order valence-corrected chi connectivity index (χ2v) is 8.40. The monoisotopic (exact) mass is 362 g/mol. The number of nitrogens with zero attached hydrogens (tertiary/aromatic N) is 2. The number of esters is 1. The Morgan fingerprint density at radius 2 is 2.00 bits per heavy atom. The standard InChI is InChI=1S/C19H26N2O5/c1-18(2,3)26-17(24)20-8-9-21(19(4,5)11-20)12-6-7-13-14(10-12)16(23)25-15(13)22/h6-7,10,16,23H,8-9,11H2,1-5H3. The molecule has 2 aliphatic heterocycles. The Morgan fingerprint density at radius 1 is 1.31 bits per heavy atom. The van der Waals surface area contributed by atoms with Gasteiger partial charge in [-0.25, -0.2) is 9.59 Å². The lowest BCUT2D eigenvalue weighted by molar-refractivity contribution is -0.0547. The molecule has 0 radical (unpaired) electrons. The number of carbonyl (C=O) groups excluding carboxylic acids is 2. The van der Waals surface area contributed by atoms with Crippen molar-refractivity contribution in [2.24, 2.45) is 0 Å². The van der Waals surface area contributed by atoms with Gasteiger partial charge < -0.3 is 24.4 Å². The molecule has 2 heterocycles. The number of fused-ring (bicyclic) bond motifs is 1. The summed E-state index contributed by atoms with van der Waals surface area (Å²) < 4.78 is 10.3. The SMILES string of the molecule is CC(C)(C)OC(=O)N1CCN(c2ccc3c(c2)C(O)OC3=O)C(C)(C)C1. The normalized spacial score (nSPS) is 22.1. The van der Waals surface area contributed by atoms with Crippen LogP contribution in [0.1, 0.15) is 56.8 Å². The van der Waals surface area contributed by atoms with Gasteiger partial charge >= 0.3 is 12.1 Å². The van der Waals surface area contributed by atoms with Crippen LogP contribution in [-0.2, 0) is 9.47 Å². The molecule has 142 valence electrons. The first-order valence-electron chi connectivity index (χ1n) is 8.76. The Morgan fingerprint density at radius 3 is 2.62 bits per heavy atom. The predicted octanol–water partition coefficient (Wildman–Crippen LogP) is 2.68. The summed E-state index contributed by atoms with van der Waals surface area (Å²) in [6.45, 7) is 11.3. The molecule has 0 aliphatic carbocycles. The summed E-state index contributed by atoms with van der Waals surface area (Å²) in [6.07, 6.45) is -1.53. The molecule has 1 N–H and O–H groups in total. The minimum atomic E-state index is -1.22. The van der Waals surface area contributed by atoms with Crippen molar-refractivity contribution in [1.29, 1.82) is 0 Å². The van der Waals surface area contributed by atoms with Crippen LogP contribution in [0.2, 0.25) is 0 Å². The number of hydrogen-bond acceptors (Lipinski definition) is 6. The van der Waals surface area contributed by atoms with E-state index in [0.717, 1.165) is 5.69 Å². The van der Waals surface area contributed by atoms with Gasteiger partial charge in [0.15, 0.2) is 0 Å². The first kappa shape index (κ1) is 18.5. The zero-order chi connectivity index (χ0) is 19.3. The minimum absolute atomic E-state index is 0.311. The molecule has 3 rings (SSSR count). The number of carbonyl (C=O) groups is 2. The van der Waals surface area contributed by atoms with Gasteiger partial charge in [-0.3, -0.25) is 0 Å². The maximum Gasteiger partial charge on any atom is 0.410 e. The van der Waals surface area contributed by atoms with Gasteiger partial charge in [0.2, 0.25) is 6.29 Å². The molecule has 26 heavy (non-hydrogen) atoms. The summed E-state index contributed by atoms with van der Waals surface area (Å²) in [4.78, 5) is 27.9. The van der Waals surface area contributed by atoms with Crippen molar-refractivity contribution in [2.75, 3.05) is 24.5 Å². The van der Waals surface area contributed by atoms with Crippen molar-refractivity contribution in [3.05, 3.63) is 29.3 Å². The molecular formula is C19H26N2O5. The fourth-order valence-electron chi connectivity index (χ4n) is 3.45. The van der Waals surface area contributed by atoms with E-state index >= 15 is 0 Å². The molecule has 0 saturated carbocycles. The van der Waals surface area contributed by atoms with Gasteiger partial charge in [0, 0.05) is 30.9 Å². The van der Waals surface area contributed by atoms with Crippen LogP contribution in [-0.4, -0.2) is 52.8 Å². The van der Waals surface area contributed by atoms with Crippen molar-refractivity contribution in [3.63, 3.8) is 0 Å². The average Bonchev–Trinajstić information content (AvgIpc) is 2.79. The van der Waals surface area contributed by atoms with E-state index in [1.54, 1.807) is 17.0 Å². The molecule has 1 fully saturated rings. The van der Waals surface area contributed by atoms with Gasteiger partial charge in [0.1, 0.15) is 5.60 Å². The number of anilines is 1. The molecule has 1 unspecified atom stereocenters. The quantitative estimate of drug-likeness (QED) is 0.774. The lowest BCUT2D eigenvalue weighted by Crippen LogP contribution is -2.61. The van der Waals surface area contributed by atoms with E-state index < -0.39 is 17.9 Å². The molecule has 1 atom stereocenters. The van der Waals surface area contributed by atoms with Crippen LogP contribution >= 0.6 is 0 Å². The zero-order valence-corrected chi connectivity index (χ0v) is 15.9. The molecule has 2 aliphatic rings. The molecule has 1 amide bonds. The Labute approximate surface area is 153 Å². The van der Waals surface area contributed by atoms with E-state index in [-0.39, 0.29) is 11.6 Å². The molecule has 1 aromatic carbocycles. The van der Waals surface area contributed by atoms with Gasteiger partial charge in [-0.05, 0) is 52.8 Å². The highest BCUT2D eigenvalue weighted by Gasteiger charge is 2.38. The highest BCUT2D eigenvalue weighted by Crippen LogP contribution is 2.35. The van der Waals surface area contributed by atoms with Crippen LogP contribution in [0.25, 0.3) is 0 Å². The Bertz CT molecular complexity index is 738. The summed E-state index contributed by atoms with van der Waals surface area (Å²) in [5, 5.41) is 9.90. The summed E-state index contributed by atoms with van der Waals surface area (Å²) in [6, 6.07) is 5.32. The molecule has 0 spiro atoms. The van der Waals surface area contributed by atoms with E-state index in [9.17, 15) is 14.7 Å². The van der Waals surface area contributed by atoms with E-state index in [4.69, 9.17) is 9.47 Å². The number of rotatable bonds is 1. The fraction of sp³-hybridized carbons (Fsp3) is 0.579. The zero-order valence-electron chi connectivity index (χ0n) is 15.9. The lowest BCUT2D eigenvalue weighted by Gasteiger charge is -2.48. The van der Waals surface area contributed by atoms with Crippen LogP contribution in [0, 0.1) is 0 Å². The molecule has 1 aromatic rings. The van der Waals surface area contributed by atoms with Gasteiger partial charge in [-0.2, -0.15) is 0 Å². The van der Waals surface area contributed by atoms with Crippen LogP contribution in [0.4, 0.5) is 10.5 Å². The third-order valence-corrected chi connectivity index (χ3v) is 4.61. The molecule has 0 bridgehead atoms. The Kier molecular flexibility index (Phi) is 4.38. The van der Waals surface area contributed by atoms with Crippen molar-refractivity contribution in [2.45, 2.75) is 52.0 Å². The molecule has 7 nitrogen and oxygen atoms in total. The van der Waals surface area contributed by atoms with Gasteiger partial charge in [0.25, 0.3) is 0 Å². The maximum absolute atomic E-state index is 12.4. The molecule has 7 heteroatoms. The van der Waals surface area contributed by atoms with Crippen molar-refractivity contribution < 1.29 is 24.2 Å². The highest BCUT2D eigenvalue weighted by molar-refractivity contribution is 5.94. The number of aliphatic hydroxyl groups is 1. The number of benzene rings is 1. The molecule has 1 saturated heterocycles. The molecular weight excluding hydrogens is 336 g/mol. The smallest absolute Gasteiger partial charge is 0.410 e. The minimum Gasteiger partial charge on any atom is -0.444 e. The lowest BCUT2D eigenvalue weighted by atomic mass is 9.96. The van der Waals surface area contributed by atoms with Crippen molar-refractivity contribution in [1.82, 2.24) is 4.90 Å². The average molecular weight is 362 g/mol. The summed E-state index contributed by atoms with van der Waals surface area (Å²) >= 11 is 0. The van der Waals surface area contributed by atoms with Gasteiger partial charge in [-0.15, -0.1) is 0 Å². The van der Waals surface area contributed by atoms with E-state index in [1.807, 2.05) is 26.8 Å². The first-order chi connectivity index (χ1) is 12.0. The van der Waals surface area contributed by atoms with Gasteiger partial charge in [0.05, 0.1) is 11.1 Å². The van der Waals surface area contributed by atoms with E-state index in [0.29, 0.717) is 30.8 Å². The largest absolute Gasteiger partial charge is 0.444 e.